The fourth-order valence-electron chi connectivity index (χ4n) is 1.97. The van der Waals surface area contributed by atoms with Crippen LogP contribution in [0, 0.1) is 18.3 Å². The van der Waals surface area contributed by atoms with Crippen molar-refractivity contribution in [1.82, 2.24) is 10.9 Å². The van der Waals surface area contributed by atoms with Gasteiger partial charge in [-0.3, -0.25) is 10.2 Å². The van der Waals surface area contributed by atoms with E-state index in [0.717, 1.165) is 11.6 Å². The van der Waals surface area contributed by atoms with Gasteiger partial charge in [-0.05, 0) is 19.9 Å². The van der Waals surface area contributed by atoms with Crippen LogP contribution in [-0.2, 0) is 9.53 Å². The minimum absolute atomic E-state index is 0.154. The fraction of sp³-hybridized carbons (Fsp3) is 0.188. The second kappa shape index (κ2) is 7.13. The molecule has 2 rings (SSSR count). The molecule has 0 saturated carbocycles. The number of hydrogen-bond acceptors (Lipinski definition) is 6. The zero-order chi connectivity index (χ0) is 16.8. The van der Waals surface area contributed by atoms with Gasteiger partial charge >= 0.3 is 11.9 Å². The lowest BCUT2D eigenvalue weighted by molar-refractivity contribution is -0.138. The maximum atomic E-state index is 12.1. The van der Waals surface area contributed by atoms with Crippen LogP contribution in [-0.4, -0.2) is 18.5 Å². The molecule has 1 heterocycles. The van der Waals surface area contributed by atoms with Gasteiger partial charge in [0.1, 0.15) is 11.7 Å². The Kier molecular flexibility index (Phi) is 5.00. The summed E-state index contributed by atoms with van der Waals surface area (Å²) < 4.78 is 10.2. The van der Waals surface area contributed by atoms with E-state index >= 15 is 0 Å². The number of ether oxygens (including phenoxy) is 1. The van der Waals surface area contributed by atoms with Gasteiger partial charge in [-0.2, -0.15) is 5.26 Å². The number of carbonyl (C=O) groups excluding carboxylic acids is 2. The number of para-hydroxylation sites is 1. The molecular weight excluding hydrogens is 298 g/mol. The van der Waals surface area contributed by atoms with Gasteiger partial charge in [0.15, 0.2) is 11.3 Å². The van der Waals surface area contributed by atoms with Crippen LogP contribution in [0.25, 0.3) is 11.0 Å². The van der Waals surface area contributed by atoms with Crippen LogP contribution in [0.3, 0.4) is 0 Å². The molecule has 7 heteroatoms. The molecule has 0 radical (unpaired) electrons. The highest BCUT2D eigenvalue weighted by Crippen LogP contribution is 2.24. The number of furan rings is 1. The molecule has 1 aromatic carbocycles. The maximum absolute atomic E-state index is 12.1. The van der Waals surface area contributed by atoms with E-state index in [1.54, 1.807) is 26.0 Å². The molecule has 0 fully saturated rings. The fourth-order valence-corrected chi connectivity index (χ4v) is 1.97. The van der Waals surface area contributed by atoms with Gasteiger partial charge < -0.3 is 14.6 Å². The van der Waals surface area contributed by atoms with Gasteiger partial charge in [-0.15, -0.1) is 0 Å². The van der Waals surface area contributed by atoms with E-state index in [1.165, 1.54) is 0 Å². The predicted molar refractivity (Wildman–Crippen MR) is 81.9 cm³/mol. The summed E-state index contributed by atoms with van der Waals surface area (Å²) >= 11 is 0. The molecule has 0 bridgehead atoms. The van der Waals surface area contributed by atoms with Crippen molar-refractivity contribution in [3.05, 3.63) is 47.4 Å². The third-order valence-corrected chi connectivity index (χ3v) is 3.07. The Morgan fingerprint density at radius 1 is 1.39 bits per heavy atom. The van der Waals surface area contributed by atoms with Gasteiger partial charge in [0, 0.05) is 17.1 Å². The van der Waals surface area contributed by atoms with Crippen LogP contribution in [0.4, 0.5) is 0 Å². The third kappa shape index (κ3) is 3.49. The first kappa shape index (κ1) is 16.1. The minimum atomic E-state index is -0.767. The van der Waals surface area contributed by atoms with Crippen molar-refractivity contribution in [2.75, 3.05) is 6.61 Å². The molecule has 2 N–H and O–H groups in total. The lowest BCUT2D eigenvalue weighted by atomic mass is 10.1. The van der Waals surface area contributed by atoms with E-state index in [9.17, 15) is 9.59 Å². The first-order chi connectivity index (χ1) is 11.1. The normalized spacial score (nSPS) is 10.9. The van der Waals surface area contributed by atoms with E-state index in [4.69, 9.17) is 14.4 Å². The van der Waals surface area contributed by atoms with E-state index in [2.05, 4.69) is 10.9 Å². The highest BCUT2D eigenvalue weighted by Gasteiger charge is 2.17. The zero-order valence-electron chi connectivity index (χ0n) is 12.7. The highest BCUT2D eigenvalue weighted by molar-refractivity contribution is 5.98. The van der Waals surface area contributed by atoms with Crippen molar-refractivity contribution in [1.29, 1.82) is 5.26 Å². The number of nitrogens with zero attached hydrogens (tertiary/aromatic N) is 1. The smallest absolute Gasteiger partial charge is 0.350 e. The molecule has 1 aromatic heterocycles. The summed E-state index contributed by atoms with van der Waals surface area (Å²) in [7, 11) is 0. The minimum Gasteiger partial charge on any atom is -0.462 e. The number of nitrogens with one attached hydrogen (secondary N) is 2. The molecule has 7 nitrogen and oxygen atoms in total. The Balaban J connectivity index is 2.08. The van der Waals surface area contributed by atoms with Gasteiger partial charge in [0.25, 0.3) is 0 Å². The molecule has 1 amide bonds. The van der Waals surface area contributed by atoms with Crippen LogP contribution < -0.4 is 10.9 Å². The number of fused-ring (bicyclic) bond motifs is 1. The summed E-state index contributed by atoms with van der Waals surface area (Å²) in [6.07, 6.45) is 1.06. The molecule has 2 aromatic rings. The molecule has 0 saturated heterocycles. The van der Waals surface area contributed by atoms with Crippen LogP contribution in [0.1, 0.15) is 23.0 Å². The van der Waals surface area contributed by atoms with Crippen molar-refractivity contribution >= 4 is 22.8 Å². The van der Waals surface area contributed by atoms with E-state index in [0.29, 0.717) is 11.1 Å². The number of amides is 1. The first-order valence-corrected chi connectivity index (χ1v) is 6.89. The molecule has 0 spiro atoms. The predicted octanol–water partition coefficient (Wildman–Crippen LogP) is 1.95. The average Bonchev–Trinajstić information content (AvgIpc) is 2.89. The molecule has 0 atom stereocenters. The molecule has 118 valence electrons. The Hall–Kier alpha value is -3.27. The molecule has 0 unspecified atom stereocenters. The molecular formula is C16H15N3O4. The monoisotopic (exact) mass is 313 g/mol. The van der Waals surface area contributed by atoms with Gasteiger partial charge in [0.2, 0.25) is 0 Å². The van der Waals surface area contributed by atoms with E-state index in [-0.39, 0.29) is 17.9 Å². The lowest BCUT2D eigenvalue weighted by Gasteiger charge is -2.04. The zero-order valence-corrected chi connectivity index (χ0v) is 12.7. The summed E-state index contributed by atoms with van der Waals surface area (Å²) in [4.78, 5) is 23.5. The lowest BCUT2D eigenvalue weighted by Crippen LogP contribution is -2.34. The number of rotatable bonds is 5. The van der Waals surface area contributed by atoms with Crippen molar-refractivity contribution in [2.45, 2.75) is 13.8 Å². The number of hydrogen-bond donors (Lipinski definition) is 2. The van der Waals surface area contributed by atoms with Crippen molar-refractivity contribution < 1.29 is 18.7 Å². The number of esters is 1. The van der Waals surface area contributed by atoms with E-state index in [1.807, 2.05) is 18.2 Å². The SMILES string of the molecule is CCOC(=O)/C(C#N)=C/NNC(=O)c1oc2ccccc2c1C. The standard InChI is InChI=1S/C16H15N3O4/c1-3-22-16(21)11(8-17)9-18-19-15(20)14-10(2)12-6-4-5-7-13(12)23-14/h4-7,9,18H,3H2,1-2H3,(H,19,20)/b11-9+. The number of hydrazine groups is 1. The Morgan fingerprint density at radius 3 is 2.78 bits per heavy atom. The number of nitriles is 1. The number of benzene rings is 1. The second-order valence-corrected chi connectivity index (χ2v) is 4.54. The van der Waals surface area contributed by atoms with Crippen molar-refractivity contribution in [2.24, 2.45) is 0 Å². The largest absolute Gasteiger partial charge is 0.462 e. The van der Waals surface area contributed by atoms with Crippen LogP contribution in [0.5, 0.6) is 0 Å². The van der Waals surface area contributed by atoms with Gasteiger partial charge in [-0.25, -0.2) is 4.79 Å². The molecule has 0 aliphatic heterocycles. The molecule has 23 heavy (non-hydrogen) atoms. The van der Waals surface area contributed by atoms with Crippen LogP contribution in [0.15, 0.2) is 40.5 Å². The second-order valence-electron chi connectivity index (χ2n) is 4.54. The Bertz CT molecular complexity index is 814. The summed E-state index contributed by atoms with van der Waals surface area (Å²) in [5.41, 5.74) is 5.80. The molecule has 0 aliphatic rings. The maximum Gasteiger partial charge on any atom is 0.350 e. The first-order valence-electron chi connectivity index (χ1n) is 6.89. The summed E-state index contributed by atoms with van der Waals surface area (Å²) in [6, 6.07) is 8.97. The van der Waals surface area contributed by atoms with Crippen molar-refractivity contribution in [3.63, 3.8) is 0 Å². The van der Waals surface area contributed by atoms with Gasteiger partial charge in [0.05, 0.1) is 6.61 Å². The topological polar surface area (TPSA) is 104 Å². The highest BCUT2D eigenvalue weighted by atomic mass is 16.5. The average molecular weight is 313 g/mol. The Morgan fingerprint density at radius 2 is 2.13 bits per heavy atom. The summed E-state index contributed by atoms with van der Waals surface area (Å²) in [5.74, 6) is -1.13. The summed E-state index contributed by atoms with van der Waals surface area (Å²) in [6.45, 7) is 3.56. The third-order valence-electron chi connectivity index (χ3n) is 3.07. The number of carbonyl (C=O) groups is 2. The van der Waals surface area contributed by atoms with E-state index < -0.39 is 11.9 Å². The van der Waals surface area contributed by atoms with Gasteiger partial charge in [-0.1, -0.05) is 18.2 Å². The van der Waals surface area contributed by atoms with Crippen molar-refractivity contribution in [3.8, 4) is 6.07 Å². The molecule has 0 aliphatic carbocycles. The number of aryl methyl sites for hydroxylation is 1. The summed E-state index contributed by atoms with van der Waals surface area (Å²) in [5, 5.41) is 9.70. The van der Waals surface area contributed by atoms with Crippen LogP contribution >= 0.6 is 0 Å². The Labute approximate surface area is 132 Å². The van der Waals surface area contributed by atoms with Crippen LogP contribution in [0.2, 0.25) is 0 Å². The quantitative estimate of drug-likeness (QED) is 0.378.